The zero-order valence-corrected chi connectivity index (χ0v) is 22.1. The highest BCUT2D eigenvalue weighted by Gasteiger charge is 2.28. The molecule has 3 aromatic rings. The van der Waals surface area contributed by atoms with Gasteiger partial charge in [0.25, 0.3) is 5.56 Å². The van der Waals surface area contributed by atoms with Gasteiger partial charge in [0.1, 0.15) is 17.7 Å². The molecule has 1 saturated heterocycles. The molecule has 2 aromatic heterocycles. The summed E-state index contributed by atoms with van der Waals surface area (Å²) in [5.74, 6) is 0.284. The van der Waals surface area contributed by atoms with Gasteiger partial charge in [0.05, 0.1) is 5.69 Å². The van der Waals surface area contributed by atoms with Gasteiger partial charge in [-0.2, -0.15) is 0 Å². The van der Waals surface area contributed by atoms with E-state index >= 15 is 0 Å². The molecule has 1 atom stereocenters. The Bertz CT molecular complexity index is 1340. The lowest BCUT2D eigenvalue weighted by molar-refractivity contribution is -0.162. The number of hydrogen-bond donors (Lipinski definition) is 0. The van der Waals surface area contributed by atoms with Gasteiger partial charge in [-0.3, -0.25) is 14.2 Å². The standard InChI is InChI=1S/C28H35FN4O5/c1-3-5-25(34)37-17-36-23-6-4-12-33-27(23)30-18(2)21(28(33)35)11-15-32-13-9-19(10-14-32)26-22-8-7-20(29)16-24(22)38-31-26/h7-8,16,19,23H,3-6,9-15,17H2,1-2H3. The lowest BCUT2D eigenvalue weighted by Crippen LogP contribution is -2.38. The maximum absolute atomic E-state index is 13.5. The van der Waals surface area contributed by atoms with Crippen LogP contribution in [0.2, 0.25) is 0 Å². The summed E-state index contributed by atoms with van der Waals surface area (Å²) in [6, 6.07) is 4.57. The number of fused-ring (bicyclic) bond motifs is 2. The first-order valence-corrected chi connectivity index (χ1v) is 13.6. The molecule has 38 heavy (non-hydrogen) atoms. The number of halogens is 1. The lowest BCUT2D eigenvalue weighted by atomic mass is 9.91. The van der Waals surface area contributed by atoms with Crippen LogP contribution in [0.4, 0.5) is 4.39 Å². The van der Waals surface area contributed by atoms with Crippen molar-refractivity contribution in [1.82, 2.24) is 19.6 Å². The molecule has 1 fully saturated rings. The largest absolute Gasteiger partial charge is 0.438 e. The third-order valence-electron chi connectivity index (χ3n) is 7.69. The molecular formula is C28H35FN4O5. The highest BCUT2D eigenvalue weighted by Crippen LogP contribution is 2.33. The van der Waals surface area contributed by atoms with Crippen molar-refractivity contribution >= 4 is 16.9 Å². The fourth-order valence-electron chi connectivity index (χ4n) is 5.58. The monoisotopic (exact) mass is 526 g/mol. The Morgan fingerprint density at radius 3 is 2.82 bits per heavy atom. The van der Waals surface area contributed by atoms with Gasteiger partial charge in [0.15, 0.2) is 12.4 Å². The second-order valence-electron chi connectivity index (χ2n) is 10.2. The molecule has 2 aliphatic rings. The van der Waals surface area contributed by atoms with Gasteiger partial charge < -0.3 is 18.9 Å². The number of esters is 1. The third-order valence-corrected chi connectivity index (χ3v) is 7.69. The van der Waals surface area contributed by atoms with E-state index in [0.29, 0.717) is 30.8 Å². The Hall–Kier alpha value is -3.11. The predicted octanol–water partition coefficient (Wildman–Crippen LogP) is 4.41. The molecule has 1 unspecified atom stereocenters. The SMILES string of the molecule is CCCC(=O)OCOC1CCCn2c1nc(C)c(CCN1CCC(c3noc4cc(F)ccc34)CC1)c2=O. The van der Waals surface area contributed by atoms with Crippen LogP contribution >= 0.6 is 0 Å². The number of nitrogens with zero attached hydrogens (tertiary/aromatic N) is 4. The maximum Gasteiger partial charge on any atom is 0.307 e. The average Bonchev–Trinajstić information content (AvgIpc) is 3.32. The van der Waals surface area contributed by atoms with E-state index in [1.54, 1.807) is 10.6 Å². The number of likely N-dealkylation sites (tertiary alicyclic amines) is 1. The van der Waals surface area contributed by atoms with Gasteiger partial charge in [0, 0.05) is 48.1 Å². The van der Waals surface area contributed by atoms with Crippen LogP contribution in [0.15, 0.2) is 27.5 Å². The topological polar surface area (TPSA) is 99.7 Å². The molecule has 1 aromatic carbocycles. The van der Waals surface area contributed by atoms with E-state index in [0.717, 1.165) is 74.1 Å². The smallest absolute Gasteiger partial charge is 0.307 e. The van der Waals surface area contributed by atoms with Crippen molar-refractivity contribution in [2.24, 2.45) is 0 Å². The zero-order valence-electron chi connectivity index (χ0n) is 22.1. The molecular weight excluding hydrogens is 491 g/mol. The maximum atomic E-state index is 13.5. The van der Waals surface area contributed by atoms with Crippen LogP contribution in [0.25, 0.3) is 11.0 Å². The van der Waals surface area contributed by atoms with Crippen molar-refractivity contribution in [3.8, 4) is 0 Å². The quantitative estimate of drug-likeness (QED) is 0.299. The first kappa shape index (κ1) is 26.5. The molecule has 0 radical (unpaired) electrons. The summed E-state index contributed by atoms with van der Waals surface area (Å²) in [5, 5.41) is 5.12. The van der Waals surface area contributed by atoms with E-state index in [-0.39, 0.29) is 36.2 Å². The van der Waals surface area contributed by atoms with Crippen LogP contribution in [0.3, 0.4) is 0 Å². The fraction of sp³-hybridized carbons (Fsp3) is 0.571. The summed E-state index contributed by atoms with van der Waals surface area (Å²) in [7, 11) is 0. The van der Waals surface area contributed by atoms with Crippen molar-refractivity contribution in [3.05, 3.63) is 57.1 Å². The van der Waals surface area contributed by atoms with Crippen LogP contribution in [0.1, 0.15) is 80.2 Å². The van der Waals surface area contributed by atoms with Crippen LogP contribution in [-0.4, -0.2) is 52.0 Å². The zero-order chi connectivity index (χ0) is 26.6. The number of ether oxygens (including phenoxy) is 2. The van der Waals surface area contributed by atoms with Gasteiger partial charge in [-0.25, -0.2) is 9.37 Å². The van der Waals surface area contributed by atoms with Crippen LogP contribution < -0.4 is 5.56 Å². The van der Waals surface area contributed by atoms with E-state index in [2.05, 4.69) is 10.1 Å². The van der Waals surface area contributed by atoms with E-state index in [4.69, 9.17) is 19.0 Å². The molecule has 0 N–H and O–H groups in total. The molecule has 204 valence electrons. The number of carbonyl (C=O) groups excluding carboxylic acids is 1. The number of benzene rings is 1. The summed E-state index contributed by atoms with van der Waals surface area (Å²) in [4.78, 5) is 32.2. The first-order valence-electron chi connectivity index (χ1n) is 13.6. The number of hydrogen-bond acceptors (Lipinski definition) is 8. The summed E-state index contributed by atoms with van der Waals surface area (Å²) < 4.78 is 31.5. The van der Waals surface area contributed by atoms with Crippen molar-refractivity contribution in [3.63, 3.8) is 0 Å². The van der Waals surface area contributed by atoms with E-state index < -0.39 is 0 Å². The molecule has 10 heteroatoms. The normalized spacial score (nSPS) is 18.6. The minimum absolute atomic E-state index is 0.0000344. The van der Waals surface area contributed by atoms with Crippen molar-refractivity contribution in [2.45, 2.75) is 77.4 Å². The average molecular weight is 527 g/mol. The molecule has 0 aliphatic carbocycles. The van der Waals surface area contributed by atoms with E-state index in [1.807, 2.05) is 13.8 Å². The van der Waals surface area contributed by atoms with Gasteiger partial charge in [-0.1, -0.05) is 12.1 Å². The Morgan fingerprint density at radius 2 is 2.03 bits per heavy atom. The highest BCUT2D eigenvalue weighted by molar-refractivity contribution is 5.79. The molecule has 2 aliphatic heterocycles. The molecule has 0 bridgehead atoms. The molecule has 9 nitrogen and oxygen atoms in total. The van der Waals surface area contributed by atoms with Gasteiger partial charge >= 0.3 is 5.97 Å². The van der Waals surface area contributed by atoms with Crippen LogP contribution in [0, 0.1) is 12.7 Å². The first-order chi connectivity index (χ1) is 18.4. The van der Waals surface area contributed by atoms with E-state index in [9.17, 15) is 14.0 Å². The molecule has 5 rings (SSSR count). The Balaban J connectivity index is 1.19. The molecule has 4 heterocycles. The second-order valence-corrected chi connectivity index (χ2v) is 10.2. The van der Waals surface area contributed by atoms with Crippen molar-refractivity contribution in [2.75, 3.05) is 26.4 Å². The molecule has 0 spiro atoms. The van der Waals surface area contributed by atoms with Gasteiger partial charge in [-0.05, 0) is 70.7 Å². The van der Waals surface area contributed by atoms with Crippen molar-refractivity contribution in [1.29, 1.82) is 0 Å². The number of piperidine rings is 1. The molecule has 0 saturated carbocycles. The van der Waals surface area contributed by atoms with E-state index in [1.165, 1.54) is 12.1 Å². The summed E-state index contributed by atoms with van der Waals surface area (Å²) in [5.41, 5.74) is 2.87. The summed E-state index contributed by atoms with van der Waals surface area (Å²) in [6.45, 7) is 6.86. The predicted molar refractivity (Wildman–Crippen MR) is 138 cm³/mol. The summed E-state index contributed by atoms with van der Waals surface area (Å²) in [6.07, 6.45) is 4.77. The molecule has 0 amide bonds. The lowest BCUT2D eigenvalue weighted by Gasteiger charge is -2.31. The Morgan fingerprint density at radius 1 is 1.21 bits per heavy atom. The highest BCUT2D eigenvalue weighted by atomic mass is 19.1. The second kappa shape index (κ2) is 11.7. The van der Waals surface area contributed by atoms with Gasteiger partial charge in [0.2, 0.25) is 0 Å². The Kier molecular flexibility index (Phi) is 8.18. The van der Waals surface area contributed by atoms with Crippen LogP contribution in [0.5, 0.6) is 0 Å². The number of aromatic nitrogens is 3. The van der Waals surface area contributed by atoms with Gasteiger partial charge in [-0.15, -0.1) is 0 Å². The minimum Gasteiger partial charge on any atom is -0.438 e. The fourth-order valence-corrected chi connectivity index (χ4v) is 5.58. The number of aryl methyl sites for hydroxylation is 1. The number of rotatable bonds is 9. The summed E-state index contributed by atoms with van der Waals surface area (Å²) >= 11 is 0. The Labute approximate surface area is 220 Å². The third kappa shape index (κ3) is 5.66. The van der Waals surface area contributed by atoms with Crippen molar-refractivity contribution < 1.29 is 23.2 Å². The number of carbonyl (C=O) groups is 1. The minimum atomic E-state index is -0.359. The van der Waals surface area contributed by atoms with Crippen LogP contribution in [-0.2, 0) is 27.2 Å².